The second kappa shape index (κ2) is 3.67. The Labute approximate surface area is 84.9 Å². The Bertz CT molecular complexity index is 473. The molecule has 0 aliphatic carbocycles. The van der Waals surface area contributed by atoms with Crippen LogP contribution in [0, 0.1) is 0 Å². The highest BCUT2D eigenvalue weighted by molar-refractivity contribution is 7.09. The van der Waals surface area contributed by atoms with Gasteiger partial charge in [0.2, 0.25) is 0 Å². The minimum absolute atomic E-state index is 0.205. The van der Waals surface area contributed by atoms with E-state index in [4.69, 9.17) is 0 Å². The topological polar surface area (TPSA) is 42.2 Å². The van der Waals surface area contributed by atoms with Crippen LogP contribution in [0.5, 0.6) is 5.75 Å². The summed E-state index contributed by atoms with van der Waals surface area (Å²) in [6, 6.07) is 6.95. The molecule has 0 radical (unpaired) electrons. The molecule has 0 spiro atoms. The zero-order valence-corrected chi connectivity index (χ0v) is 8.20. The molecule has 0 atom stereocenters. The van der Waals surface area contributed by atoms with Gasteiger partial charge in [-0.3, -0.25) is 4.79 Å². The lowest BCUT2D eigenvalue weighted by atomic mass is 10.4. The van der Waals surface area contributed by atoms with E-state index in [1.807, 2.05) is 17.5 Å². The lowest BCUT2D eigenvalue weighted by Crippen LogP contribution is -2.18. The van der Waals surface area contributed by atoms with E-state index in [9.17, 15) is 9.90 Å². The van der Waals surface area contributed by atoms with Gasteiger partial charge in [-0.15, -0.1) is 11.3 Å². The van der Waals surface area contributed by atoms with Crippen molar-refractivity contribution < 1.29 is 5.11 Å². The molecule has 72 valence electrons. The number of hydrogen-bond donors (Lipinski definition) is 1. The summed E-state index contributed by atoms with van der Waals surface area (Å²) in [7, 11) is 0. The molecule has 0 bridgehead atoms. The Morgan fingerprint density at radius 2 is 2.21 bits per heavy atom. The van der Waals surface area contributed by atoms with Crippen LogP contribution in [0.25, 0.3) is 0 Å². The molecular weight excluding hydrogens is 198 g/mol. The molecule has 0 aromatic carbocycles. The summed E-state index contributed by atoms with van der Waals surface area (Å²) >= 11 is 1.59. The van der Waals surface area contributed by atoms with Crippen LogP contribution in [0.3, 0.4) is 0 Å². The zero-order chi connectivity index (χ0) is 9.97. The van der Waals surface area contributed by atoms with E-state index in [0.717, 1.165) is 4.88 Å². The van der Waals surface area contributed by atoms with Gasteiger partial charge in [0, 0.05) is 11.1 Å². The fourth-order valence-corrected chi connectivity index (χ4v) is 1.92. The first-order valence-electron chi connectivity index (χ1n) is 4.18. The molecule has 2 heterocycles. The van der Waals surface area contributed by atoms with Gasteiger partial charge in [0.25, 0.3) is 5.56 Å². The SMILES string of the molecule is O=c1c(O)cccn1Cc1cccs1. The second-order valence-electron chi connectivity index (χ2n) is 2.91. The van der Waals surface area contributed by atoms with E-state index in [1.165, 1.54) is 10.6 Å². The molecule has 0 saturated heterocycles. The van der Waals surface area contributed by atoms with Crippen molar-refractivity contribution in [3.05, 3.63) is 51.1 Å². The number of thiophene rings is 1. The van der Waals surface area contributed by atoms with Crippen LogP contribution in [0.2, 0.25) is 0 Å². The fraction of sp³-hybridized carbons (Fsp3) is 0.100. The van der Waals surface area contributed by atoms with Gasteiger partial charge in [-0.25, -0.2) is 0 Å². The van der Waals surface area contributed by atoms with Crippen LogP contribution >= 0.6 is 11.3 Å². The minimum atomic E-state index is -0.346. The molecule has 14 heavy (non-hydrogen) atoms. The molecule has 0 aliphatic rings. The Morgan fingerprint density at radius 1 is 1.36 bits per heavy atom. The minimum Gasteiger partial charge on any atom is -0.503 e. The van der Waals surface area contributed by atoms with Crippen LogP contribution in [0.4, 0.5) is 0 Å². The van der Waals surface area contributed by atoms with E-state index in [2.05, 4.69) is 0 Å². The first-order chi connectivity index (χ1) is 6.77. The Kier molecular flexibility index (Phi) is 2.37. The molecular formula is C10H9NO2S. The van der Waals surface area contributed by atoms with Crippen molar-refractivity contribution in [3.63, 3.8) is 0 Å². The first kappa shape index (κ1) is 9.02. The molecule has 0 unspecified atom stereocenters. The normalized spacial score (nSPS) is 10.3. The van der Waals surface area contributed by atoms with Crippen LogP contribution in [0.1, 0.15) is 4.88 Å². The highest BCUT2D eigenvalue weighted by Crippen LogP contribution is 2.10. The number of aromatic hydroxyl groups is 1. The Morgan fingerprint density at radius 3 is 2.93 bits per heavy atom. The predicted molar refractivity (Wildman–Crippen MR) is 55.8 cm³/mol. The summed E-state index contributed by atoms with van der Waals surface area (Å²) in [6.07, 6.45) is 1.67. The van der Waals surface area contributed by atoms with Gasteiger partial charge in [-0.2, -0.15) is 0 Å². The Balaban J connectivity index is 2.34. The number of pyridine rings is 1. The van der Waals surface area contributed by atoms with E-state index < -0.39 is 0 Å². The maximum Gasteiger partial charge on any atom is 0.292 e. The van der Waals surface area contributed by atoms with Gasteiger partial charge in [0.05, 0.1) is 6.54 Å². The number of aromatic nitrogens is 1. The molecule has 0 fully saturated rings. The van der Waals surface area contributed by atoms with E-state index >= 15 is 0 Å². The third-order valence-corrected chi connectivity index (χ3v) is 2.77. The van der Waals surface area contributed by atoms with Crippen molar-refractivity contribution in [2.24, 2.45) is 0 Å². The van der Waals surface area contributed by atoms with Crippen molar-refractivity contribution >= 4 is 11.3 Å². The molecule has 4 heteroatoms. The van der Waals surface area contributed by atoms with Gasteiger partial charge in [-0.05, 0) is 23.6 Å². The summed E-state index contributed by atoms with van der Waals surface area (Å²) in [5.41, 5.74) is -0.346. The van der Waals surface area contributed by atoms with Crippen LogP contribution in [-0.4, -0.2) is 9.67 Å². The van der Waals surface area contributed by atoms with Crippen molar-refractivity contribution in [2.45, 2.75) is 6.54 Å². The van der Waals surface area contributed by atoms with Gasteiger partial charge >= 0.3 is 0 Å². The molecule has 3 nitrogen and oxygen atoms in total. The highest BCUT2D eigenvalue weighted by Gasteiger charge is 2.01. The number of hydrogen-bond acceptors (Lipinski definition) is 3. The Hall–Kier alpha value is -1.55. The predicted octanol–water partition coefficient (Wildman–Crippen LogP) is 1.66. The summed E-state index contributed by atoms with van der Waals surface area (Å²) in [6.45, 7) is 0.519. The number of nitrogens with zero attached hydrogens (tertiary/aromatic N) is 1. The van der Waals surface area contributed by atoms with E-state index in [-0.39, 0.29) is 11.3 Å². The van der Waals surface area contributed by atoms with E-state index in [1.54, 1.807) is 23.6 Å². The summed E-state index contributed by atoms with van der Waals surface area (Å²) in [4.78, 5) is 12.5. The van der Waals surface area contributed by atoms with Crippen molar-refractivity contribution in [3.8, 4) is 5.75 Å². The quantitative estimate of drug-likeness (QED) is 0.813. The molecule has 2 aromatic heterocycles. The monoisotopic (exact) mass is 207 g/mol. The van der Waals surface area contributed by atoms with Gasteiger partial charge in [0.15, 0.2) is 5.75 Å². The number of rotatable bonds is 2. The van der Waals surface area contributed by atoms with Gasteiger partial charge in [-0.1, -0.05) is 6.07 Å². The summed E-state index contributed by atoms with van der Waals surface area (Å²) in [5.74, 6) is -0.205. The third kappa shape index (κ3) is 1.70. The molecule has 0 amide bonds. The average molecular weight is 207 g/mol. The zero-order valence-electron chi connectivity index (χ0n) is 7.38. The van der Waals surface area contributed by atoms with Crippen LogP contribution in [0.15, 0.2) is 40.6 Å². The molecule has 2 rings (SSSR count). The third-order valence-electron chi connectivity index (χ3n) is 1.91. The maximum atomic E-state index is 11.4. The molecule has 0 aliphatic heterocycles. The average Bonchev–Trinajstić information content (AvgIpc) is 2.66. The summed E-state index contributed by atoms with van der Waals surface area (Å²) < 4.78 is 1.49. The van der Waals surface area contributed by atoms with Crippen LogP contribution in [-0.2, 0) is 6.54 Å². The summed E-state index contributed by atoms with van der Waals surface area (Å²) in [5, 5.41) is 11.2. The smallest absolute Gasteiger partial charge is 0.292 e. The largest absolute Gasteiger partial charge is 0.503 e. The highest BCUT2D eigenvalue weighted by atomic mass is 32.1. The molecule has 2 aromatic rings. The maximum absolute atomic E-state index is 11.4. The van der Waals surface area contributed by atoms with Gasteiger partial charge in [0.1, 0.15) is 0 Å². The molecule has 1 N–H and O–H groups in total. The van der Waals surface area contributed by atoms with Crippen molar-refractivity contribution in [1.29, 1.82) is 0 Å². The fourth-order valence-electron chi connectivity index (χ4n) is 1.22. The van der Waals surface area contributed by atoms with Gasteiger partial charge < -0.3 is 9.67 Å². The standard InChI is InChI=1S/C10H9NO2S/c12-9-4-1-5-11(10(9)13)7-8-3-2-6-14-8/h1-6,12H,7H2. The van der Waals surface area contributed by atoms with Crippen molar-refractivity contribution in [1.82, 2.24) is 4.57 Å². The molecule has 0 saturated carbocycles. The lowest BCUT2D eigenvalue weighted by molar-refractivity contribution is 0.459. The second-order valence-corrected chi connectivity index (χ2v) is 3.94. The first-order valence-corrected chi connectivity index (χ1v) is 5.06. The lowest BCUT2D eigenvalue weighted by Gasteiger charge is -2.02. The van der Waals surface area contributed by atoms with Crippen molar-refractivity contribution in [2.75, 3.05) is 0 Å². The van der Waals surface area contributed by atoms with E-state index in [0.29, 0.717) is 6.54 Å². The van der Waals surface area contributed by atoms with Crippen LogP contribution < -0.4 is 5.56 Å².